The number of esters is 2. The molecule has 0 unspecified atom stereocenters. The third-order valence-corrected chi connectivity index (χ3v) is 4.58. The predicted molar refractivity (Wildman–Crippen MR) is 97.4 cm³/mol. The minimum absolute atomic E-state index is 0.00868. The summed E-state index contributed by atoms with van der Waals surface area (Å²) in [7, 11) is 3.11. The van der Waals surface area contributed by atoms with E-state index in [1.54, 1.807) is 20.2 Å². The highest BCUT2D eigenvalue weighted by atomic mass is 32.2. The van der Waals surface area contributed by atoms with Crippen molar-refractivity contribution < 1.29 is 28.7 Å². The lowest BCUT2D eigenvalue weighted by Crippen LogP contribution is -2.34. The van der Waals surface area contributed by atoms with Gasteiger partial charge in [-0.15, -0.1) is 11.8 Å². The fourth-order valence-electron chi connectivity index (χ4n) is 2.16. The molecule has 2 heterocycles. The second kappa shape index (κ2) is 9.91. The number of hydrogen-bond donors (Lipinski definition) is 0. The van der Waals surface area contributed by atoms with Gasteiger partial charge in [0.25, 0.3) is 11.8 Å². The number of likely N-dealkylation sites (N-methyl/N-ethyl adjacent to an activating group) is 2. The normalized spacial score (nSPS) is 18.4. The van der Waals surface area contributed by atoms with Crippen LogP contribution < -0.4 is 0 Å². The Morgan fingerprint density at radius 3 is 1.74 bits per heavy atom. The van der Waals surface area contributed by atoms with Gasteiger partial charge in [-0.05, 0) is 12.1 Å². The first-order valence-corrected chi connectivity index (χ1v) is 9.41. The summed E-state index contributed by atoms with van der Waals surface area (Å²) >= 11 is 1.08. The largest absolute Gasteiger partial charge is 0.463 e. The van der Waals surface area contributed by atoms with E-state index in [0.29, 0.717) is 0 Å². The summed E-state index contributed by atoms with van der Waals surface area (Å²) in [6.45, 7) is 0.398. The quantitative estimate of drug-likeness (QED) is 0.568. The third-order valence-electron chi connectivity index (χ3n) is 3.70. The molecule has 0 saturated carbocycles. The van der Waals surface area contributed by atoms with Gasteiger partial charge >= 0.3 is 11.9 Å². The van der Waals surface area contributed by atoms with Crippen molar-refractivity contribution in [1.82, 2.24) is 14.8 Å². The molecule has 2 bridgehead atoms. The molecule has 2 rings (SSSR count). The van der Waals surface area contributed by atoms with Gasteiger partial charge in [-0.2, -0.15) is 0 Å². The van der Waals surface area contributed by atoms with Crippen LogP contribution in [0.3, 0.4) is 0 Å². The molecule has 9 nitrogen and oxygen atoms in total. The first-order valence-electron chi connectivity index (χ1n) is 8.25. The third kappa shape index (κ3) is 6.24. The highest BCUT2D eigenvalue weighted by molar-refractivity contribution is 8.00. The van der Waals surface area contributed by atoms with Gasteiger partial charge < -0.3 is 19.3 Å². The number of nitrogens with zero attached hydrogens (tertiary/aromatic N) is 3. The Morgan fingerprint density at radius 2 is 1.30 bits per heavy atom. The van der Waals surface area contributed by atoms with Gasteiger partial charge in [-0.1, -0.05) is 6.07 Å². The first-order chi connectivity index (χ1) is 12.9. The molecule has 10 heteroatoms. The lowest BCUT2D eigenvalue weighted by Gasteiger charge is -2.19. The Balaban J connectivity index is 2.16. The van der Waals surface area contributed by atoms with Crippen molar-refractivity contribution in [2.45, 2.75) is 0 Å². The van der Waals surface area contributed by atoms with E-state index in [1.807, 2.05) is 0 Å². The molecule has 0 spiro atoms. The summed E-state index contributed by atoms with van der Waals surface area (Å²) in [5.74, 6) is -1.69. The van der Waals surface area contributed by atoms with E-state index in [1.165, 1.54) is 21.9 Å². The predicted octanol–water partition coefficient (Wildman–Crippen LogP) is 0.0588. The van der Waals surface area contributed by atoms with E-state index in [9.17, 15) is 19.2 Å². The van der Waals surface area contributed by atoms with Crippen molar-refractivity contribution in [1.29, 1.82) is 0 Å². The highest BCUT2D eigenvalue weighted by Crippen LogP contribution is 2.07. The number of cyclic esters (lactones) is 2. The van der Waals surface area contributed by atoms with E-state index in [2.05, 4.69) is 4.98 Å². The average Bonchev–Trinajstić information content (AvgIpc) is 2.66. The Bertz CT molecular complexity index is 671. The minimum atomic E-state index is -0.472. The van der Waals surface area contributed by atoms with Crippen LogP contribution in [0, 0.1) is 0 Å². The van der Waals surface area contributed by atoms with E-state index in [-0.39, 0.29) is 61.0 Å². The number of rotatable bonds is 0. The van der Waals surface area contributed by atoms with Crippen molar-refractivity contribution in [3.05, 3.63) is 29.6 Å². The molecule has 0 aromatic carbocycles. The van der Waals surface area contributed by atoms with Crippen LogP contribution in [0.4, 0.5) is 0 Å². The lowest BCUT2D eigenvalue weighted by atomic mass is 10.2. The van der Waals surface area contributed by atoms with E-state index in [0.717, 1.165) is 11.8 Å². The molecule has 146 valence electrons. The maximum atomic E-state index is 12.4. The number of ether oxygens (including phenoxy) is 2. The second-order valence-electron chi connectivity index (χ2n) is 5.80. The van der Waals surface area contributed by atoms with Crippen LogP contribution in [0.5, 0.6) is 0 Å². The topological polar surface area (TPSA) is 106 Å². The zero-order chi connectivity index (χ0) is 19.8. The molecule has 0 radical (unpaired) electrons. The van der Waals surface area contributed by atoms with Crippen molar-refractivity contribution in [3.8, 4) is 0 Å². The number of pyridine rings is 1. The molecule has 27 heavy (non-hydrogen) atoms. The summed E-state index contributed by atoms with van der Waals surface area (Å²) in [6, 6.07) is 4.60. The number of hydrogen-bond acceptors (Lipinski definition) is 8. The Hall–Kier alpha value is -2.62. The van der Waals surface area contributed by atoms with Gasteiger partial charge in [0.15, 0.2) is 0 Å². The molecule has 1 aliphatic rings. The molecular weight excluding hydrogens is 374 g/mol. The maximum Gasteiger partial charge on any atom is 0.315 e. The van der Waals surface area contributed by atoms with Gasteiger partial charge in [-0.25, -0.2) is 4.98 Å². The Labute approximate surface area is 161 Å². The fraction of sp³-hybridized carbons (Fsp3) is 0.471. The Morgan fingerprint density at radius 1 is 0.852 bits per heavy atom. The molecule has 0 saturated heterocycles. The lowest BCUT2D eigenvalue weighted by molar-refractivity contribution is -0.140. The van der Waals surface area contributed by atoms with Crippen molar-refractivity contribution in [3.63, 3.8) is 0 Å². The zero-order valence-electron chi connectivity index (χ0n) is 15.2. The highest BCUT2D eigenvalue weighted by Gasteiger charge is 2.19. The maximum absolute atomic E-state index is 12.4. The summed E-state index contributed by atoms with van der Waals surface area (Å²) in [6.07, 6.45) is 0. The fourth-order valence-corrected chi connectivity index (χ4v) is 2.76. The van der Waals surface area contributed by atoms with Gasteiger partial charge in [0, 0.05) is 14.1 Å². The molecule has 0 N–H and O–H groups in total. The van der Waals surface area contributed by atoms with Crippen LogP contribution in [0.1, 0.15) is 21.0 Å². The molecule has 1 aliphatic heterocycles. The van der Waals surface area contributed by atoms with Gasteiger partial charge in [0.1, 0.15) is 24.6 Å². The number of carbonyl (C=O) groups is 4. The smallest absolute Gasteiger partial charge is 0.315 e. The molecular formula is C17H21N3O6S. The number of thioether (sulfide) groups is 1. The van der Waals surface area contributed by atoms with Crippen LogP contribution in [-0.4, -0.2) is 90.4 Å². The summed E-state index contributed by atoms with van der Waals surface area (Å²) in [5, 5.41) is 0. The first kappa shape index (κ1) is 20.7. The Kier molecular flexibility index (Phi) is 7.59. The molecule has 1 aromatic heterocycles. The van der Waals surface area contributed by atoms with Crippen molar-refractivity contribution in [2.24, 2.45) is 0 Å². The number of fused-ring (bicyclic) bond motifs is 2. The molecule has 0 aliphatic carbocycles. The van der Waals surface area contributed by atoms with Crippen molar-refractivity contribution in [2.75, 3.05) is 51.9 Å². The number of aromatic nitrogens is 1. The minimum Gasteiger partial charge on any atom is -0.463 e. The molecule has 0 atom stereocenters. The van der Waals surface area contributed by atoms with Gasteiger partial charge in [0.05, 0.1) is 24.6 Å². The monoisotopic (exact) mass is 395 g/mol. The number of amides is 2. The molecule has 1 aromatic rings. The van der Waals surface area contributed by atoms with Gasteiger partial charge in [0.2, 0.25) is 0 Å². The van der Waals surface area contributed by atoms with E-state index in [4.69, 9.17) is 9.47 Å². The standard InChI is InChI=1S/C17H21N3O6S/c1-19-6-8-25-14(21)10-27-11-15(22)26-9-7-20(2)17(24)13-5-3-4-12(18-13)16(19)23/h3-5H,6-11H2,1-2H3. The van der Waals surface area contributed by atoms with Crippen LogP contribution in [0.25, 0.3) is 0 Å². The van der Waals surface area contributed by atoms with E-state index < -0.39 is 11.9 Å². The molecule has 2 amide bonds. The molecule has 0 fully saturated rings. The van der Waals surface area contributed by atoms with Crippen molar-refractivity contribution >= 4 is 35.5 Å². The SMILES string of the molecule is CN1CCOC(=O)CSCC(=O)OCCN(C)C(=O)c2cccc(n2)C1=O. The summed E-state index contributed by atoms with van der Waals surface area (Å²) in [5.41, 5.74) is 0.234. The van der Waals surface area contributed by atoms with Crippen LogP contribution in [0.15, 0.2) is 18.2 Å². The summed E-state index contributed by atoms with van der Waals surface area (Å²) in [4.78, 5) is 55.0. The number of carbonyl (C=O) groups excluding carboxylic acids is 4. The second-order valence-corrected chi connectivity index (χ2v) is 6.78. The van der Waals surface area contributed by atoms with Crippen LogP contribution in [0.2, 0.25) is 0 Å². The average molecular weight is 395 g/mol. The van der Waals surface area contributed by atoms with Gasteiger partial charge in [-0.3, -0.25) is 19.2 Å². The summed E-state index contributed by atoms with van der Waals surface area (Å²) < 4.78 is 10.1. The zero-order valence-corrected chi connectivity index (χ0v) is 16.0. The van der Waals surface area contributed by atoms with Crippen LogP contribution >= 0.6 is 11.8 Å². The van der Waals surface area contributed by atoms with E-state index >= 15 is 0 Å². The van der Waals surface area contributed by atoms with Crippen LogP contribution in [-0.2, 0) is 19.1 Å².